The van der Waals surface area contributed by atoms with E-state index in [0.717, 1.165) is 12.3 Å². The first kappa shape index (κ1) is 16.8. The number of aromatic nitrogens is 1. The second kappa shape index (κ2) is 6.14. The number of aliphatic hydroxyl groups is 2. The van der Waals surface area contributed by atoms with Gasteiger partial charge in [0.15, 0.2) is 0 Å². The summed E-state index contributed by atoms with van der Waals surface area (Å²) in [5.74, 6) is -2.32. The van der Waals surface area contributed by atoms with Crippen molar-refractivity contribution in [3.05, 3.63) is 45.0 Å². The first-order valence-electron chi connectivity index (χ1n) is 7.05. The van der Waals surface area contributed by atoms with Gasteiger partial charge in [0.2, 0.25) is 5.43 Å². The van der Waals surface area contributed by atoms with Gasteiger partial charge in [0, 0.05) is 18.0 Å². The number of hydrogen-bond donors (Lipinski definition) is 3. The van der Waals surface area contributed by atoms with Gasteiger partial charge in [0.05, 0.1) is 23.3 Å². The average molecular weight is 358 g/mol. The molecule has 2 aromatic rings. The lowest BCUT2D eigenvalue weighted by Gasteiger charge is -2.19. The van der Waals surface area contributed by atoms with Gasteiger partial charge < -0.3 is 24.6 Å². The number of pyridine rings is 1. The van der Waals surface area contributed by atoms with Crippen molar-refractivity contribution in [1.82, 2.24) is 4.57 Å². The molecule has 128 valence electrons. The first-order chi connectivity index (χ1) is 11.3. The van der Waals surface area contributed by atoms with E-state index in [1.165, 1.54) is 10.6 Å². The number of aromatic carboxylic acids is 1. The molecule has 1 saturated heterocycles. The van der Waals surface area contributed by atoms with Gasteiger partial charge in [-0.05, 0) is 12.1 Å². The fourth-order valence-electron chi connectivity index (χ4n) is 2.78. The number of carboxylic acid groups (broad SMARTS) is 1. The number of nitrogens with zero attached hydrogens (tertiary/aromatic N) is 1. The SMILES string of the molecule is O=C(O)c1cn([C@@H]2C[C@H](O)[C@@H](CO)O2)c2cc(Cl)c(F)cc2c1=O. The molecule has 24 heavy (non-hydrogen) atoms. The standard InChI is InChI=1S/C15H13ClFNO6/c16-8-2-10-6(1-9(8)17)14(21)7(15(22)23)4-18(10)13-3-11(20)12(5-19)24-13/h1-2,4,11-13,19-20H,3,5H2,(H,22,23)/t11-,12+,13-/m0/s1. The predicted molar refractivity (Wildman–Crippen MR) is 81.8 cm³/mol. The summed E-state index contributed by atoms with van der Waals surface area (Å²) in [4.78, 5) is 23.6. The molecule has 0 bridgehead atoms. The van der Waals surface area contributed by atoms with Crippen molar-refractivity contribution in [2.75, 3.05) is 6.61 Å². The molecule has 0 saturated carbocycles. The highest BCUT2D eigenvalue weighted by Gasteiger charge is 2.35. The average Bonchev–Trinajstić information content (AvgIpc) is 2.90. The van der Waals surface area contributed by atoms with Crippen molar-refractivity contribution in [2.45, 2.75) is 24.9 Å². The summed E-state index contributed by atoms with van der Waals surface area (Å²) in [6.07, 6.45) is -1.50. The van der Waals surface area contributed by atoms with Gasteiger partial charge in [-0.25, -0.2) is 9.18 Å². The minimum absolute atomic E-state index is 0.0667. The van der Waals surface area contributed by atoms with Crippen molar-refractivity contribution in [1.29, 1.82) is 0 Å². The maximum Gasteiger partial charge on any atom is 0.341 e. The van der Waals surface area contributed by atoms with Gasteiger partial charge in [-0.1, -0.05) is 11.6 Å². The lowest BCUT2D eigenvalue weighted by atomic mass is 10.1. The third-order valence-electron chi connectivity index (χ3n) is 4.00. The Hall–Kier alpha value is -2.00. The zero-order chi connectivity index (χ0) is 17.6. The molecule has 0 spiro atoms. The summed E-state index contributed by atoms with van der Waals surface area (Å²) in [7, 11) is 0. The minimum Gasteiger partial charge on any atom is -0.477 e. The molecule has 7 nitrogen and oxygen atoms in total. The summed E-state index contributed by atoms with van der Waals surface area (Å²) < 4.78 is 20.5. The number of hydrogen-bond acceptors (Lipinski definition) is 5. The number of carboxylic acids is 1. The Labute approximate surface area is 139 Å². The first-order valence-corrected chi connectivity index (χ1v) is 7.43. The lowest BCUT2D eigenvalue weighted by Crippen LogP contribution is -2.24. The Balaban J connectivity index is 2.27. The van der Waals surface area contributed by atoms with E-state index in [2.05, 4.69) is 0 Å². The largest absolute Gasteiger partial charge is 0.477 e. The Morgan fingerprint density at radius 2 is 2.17 bits per heavy atom. The van der Waals surface area contributed by atoms with Gasteiger partial charge in [-0.3, -0.25) is 4.79 Å². The smallest absolute Gasteiger partial charge is 0.341 e. The predicted octanol–water partition coefficient (Wildman–Crippen LogP) is 1.13. The summed E-state index contributed by atoms with van der Waals surface area (Å²) in [6.45, 7) is -0.420. The summed E-state index contributed by atoms with van der Waals surface area (Å²) in [5.41, 5.74) is -1.23. The number of ether oxygens (including phenoxy) is 1. The van der Waals surface area contributed by atoms with Crippen LogP contribution in [0.3, 0.4) is 0 Å². The number of halogens is 2. The van der Waals surface area contributed by atoms with Crippen LogP contribution in [-0.4, -0.2) is 44.7 Å². The summed E-state index contributed by atoms with van der Waals surface area (Å²) >= 11 is 5.77. The van der Waals surface area contributed by atoms with Crippen molar-refractivity contribution in [3.63, 3.8) is 0 Å². The van der Waals surface area contributed by atoms with Crippen LogP contribution in [0.25, 0.3) is 10.9 Å². The normalized spacial score (nSPS) is 23.8. The number of rotatable bonds is 3. The van der Waals surface area contributed by atoms with Gasteiger partial charge in [-0.2, -0.15) is 0 Å². The van der Waals surface area contributed by atoms with E-state index < -0.39 is 47.8 Å². The molecule has 0 unspecified atom stereocenters. The van der Waals surface area contributed by atoms with E-state index in [1.54, 1.807) is 0 Å². The highest BCUT2D eigenvalue weighted by Crippen LogP contribution is 2.32. The molecule has 3 atom stereocenters. The molecular weight excluding hydrogens is 345 g/mol. The van der Waals surface area contributed by atoms with E-state index in [4.69, 9.17) is 16.3 Å². The number of benzene rings is 1. The zero-order valence-electron chi connectivity index (χ0n) is 12.1. The van der Waals surface area contributed by atoms with Crippen molar-refractivity contribution in [3.8, 4) is 0 Å². The highest BCUT2D eigenvalue weighted by atomic mass is 35.5. The fourth-order valence-corrected chi connectivity index (χ4v) is 2.94. The molecule has 0 radical (unpaired) electrons. The van der Waals surface area contributed by atoms with Crippen LogP contribution in [-0.2, 0) is 4.74 Å². The molecular formula is C15H13ClFNO6. The Morgan fingerprint density at radius 1 is 1.46 bits per heavy atom. The number of fused-ring (bicyclic) bond motifs is 1. The van der Waals surface area contributed by atoms with Gasteiger partial charge >= 0.3 is 5.97 Å². The van der Waals surface area contributed by atoms with E-state index >= 15 is 0 Å². The molecule has 1 aliphatic heterocycles. The molecule has 9 heteroatoms. The second-order valence-electron chi connectivity index (χ2n) is 5.48. The molecule has 2 heterocycles. The van der Waals surface area contributed by atoms with E-state index in [9.17, 15) is 29.3 Å². The quantitative estimate of drug-likeness (QED) is 0.760. The van der Waals surface area contributed by atoms with Crippen LogP contribution in [0.5, 0.6) is 0 Å². The number of aliphatic hydroxyl groups excluding tert-OH is 2. The van der Waals surface area contributed by atoms with Crippen molar-refractivity contribution >= 4 is 28.5 Å². The Kier molecular flexibility index (Phi) is 4.31. The molecule has 1 aromatic heterocycles. The molecule has 1 aliphatic rings. The Morgan fingerprint density at radius 3 is 2.75 bits per heavy atom. The number of carbonyl (C=O) groups is 1. The molecule has 3 N–H and O–H groups in total. The summed E-state index contributed by atoms with van der Waals surface area (Å²) in [5, 5.41) is 27.8. The monoisotopic (exact) mass is 357 g/mol. The molecule has 0 aliphatic carbocycles. The third-order valence-corrected chi connectivity index (χ3v) is 4.29. The highest BCUT2D eigenvalue weighted by molar-refractivity contribution is 6.31. The van der Waals surface area contributed by atoms with Crippen LogP contribution in [0.1, 0.15) is 23.0 Å². The van der Waals surface area contributed by atoms with Gasteiger partial charge in [0.1, 0.15) is 23.7 Å². The van der Waals surface area contributed by atoms with Crippen LogP contribution < -0.4 is 5.43 Å². The van der Waals surface area contributed by atoms with Crippen LogP contribution in [0.4, 0.5) is 4.39 Å². The van der Waals surface area contributed by atoms with Gasteiger partial charge in [0.25, 0.3) is 0 Å². The molecule has 0 amide bonds. The molecule has 1 aromatic carbocycles. The third kappa shape index (κ3) is 2.67. The topological polar surface area (TPSA) is 109 Å². The van der Waals surface area contributed by atoms with Crippen LogP contribution in [0.15, 0.2) is 23.1 Å². The van der Waals surface area contributed by atoms with Crippen molar-refractivity contribution in [2.24, 2.45) is 0 Å². The van der Waals surface area contributed by atoms with Crippen molar-refractivity contribution < 1.29 is 29.2 Å². The second-order valence-corrected chi connectivity index (χ2v) is 5.89. The van der Waals surface area contributed by atoms with E-state index in [0.29, 0.717) is 0 Å². The zero-order valence-corrected chi connectivity index (χ0v) is 12.9. The van der Waals surface area contributed by atoms with E-state index in [-0.39, 0.29) is 22.3 Å². The van der Waals surface area contributed by atoms with Crippen LogP contribution in [0, 0.1) is 5.82 Å². The van der Waals surface area contributed by atoms with Crippen LogP contribution in [0.2, 0.25) is 5.02 Å². The molecule has 3 rings (SSSR count). The summed E-state index contributed by atoms with van der Waals surface area (Å²) in [6, 6.07) is 2.07. The molecule has 1 fully saturated rings. The maximum absolute atomic E-state index is 13.7. The van der Waals surface area contributed by atoms with Crippen LogP contribution >= 0.6 is 11.6 Å². The van der Waals surface area contributed by atoms with Gasteiger partial charge in [-0.15, -0.1) is 0 Å². The maximum atomic E-state index is 13.7. The fraction of sp³-hybridized carbons (Fsp3) is 0.333. The lowest BCUT2D eigenvalue weighted by molar-refractivity contribution is -0.0431. The van der Waals surface area contributed by atoms with E-state index in [1.807, 2.05) is 0 Å². The minimum atomic E-state index is -1.47. The Bertz CT molecular complexity index is 882.